The highest BCUT2D eigenvalue weighted by molar-refractivity contribution is 8.01. The van der Waals surface area contributed by atoms with E-state index in [9.17, 15) is 37.3 Å². The highest BCUT2D eigenvalue weighted by Crippen LogP contribution is 2.42. The number of amides is 2. The second-order valence-corrected chi connectivity index (χ2v) is 11.3. The van der Waals surface area contributed by atoms with Gasteiger partial charge < -0.3 is 19.9 Å². The molecule has 1 aromatic heterocycles. The first-order valence-electron chi connectivity index (χ1n) is 10.4. The zero-order valence-corrected chi connectivity index (χ0v) is 21.0. The highest BCUT2D eigenvalue weighted by Gasteiger charge is 2.55. The fraction of sp³-hybridized carbons (Fsp3) is 0.300. The van der Waals surface area contributed by atoms with Crippen molar-refractivity contribution in [3.8, 4) is 0 Å². The Morgan fingerprint density at radius 3 is 2.54 bits per heavy atom. The van der Waals surface area contributed by atoms with E-state index in [-0.39, 0.29) is 33.9 Å². The van der Waals surface area contributed by atoms with Crippen molar-refractivity contribution >= 4 is 57.4 Å². The summed E-state index contributed by atoms with van der Waals surface area (Å²) in [5.41, 5.74) is 0.0711. The molecule has 3 heterocycles. The van der Waals surface area contributed by atoms with Crippen LogP contribution < -0.4 is 5.32 Å². The number of benzene rings is 1. The van der Waals surface area contributed by atoms with Gasteiger partial charge in [-0.25, -0.2) is 4.79 Å². The molecule has 4 N–H and O–H groups in total. The van der Waals surface area contributed by atoms with Gasteiger partial charge in [-0.1, -0.05) is 42.1 Å². The van der Waals surface area contributed by atoms with E-state index in [1.54, 1.807) is 6.07 Å². The van der Waals surface area contributed by atoms with Gasteiger partial charge in [-0.2, -0.15) is 8.42 Å². The Labute approximate surface area is 217 Å². The van der Waals surface area contributed by atoms with E-state index in [2.05, 4.69) is 15.5 Å². The van der Waals surface area contributed by atoms with E-state index in [4.69, 9.17) is 9.52 Å². The van der Waals surface area contributed by atoms with Crippen molar-refractivity contribution in [2.75, 3.05) is 11.5 Å². The van der Waals surface area contributed by atoms with Crippen LogP contribution in [0.2, 0.25) is 0 Å². The molecule has 2 aliphatic heterocycles. The number of nitrogens with one attached hydrogen (secondary N) is 1. The van der Waals surface area contributed by atoms with Crippen molar-refractivity contribution in [3.05, 3.63) is 53.1 Å². The molecule has 1 fully saturated rings. The van der Waals surface area contributed by atoms with E-state index in [1.165, 1.54) is 24.3 Å². The first kappa shape index (κ1) is 26.6. The lowest BCUT2D eigenvalue weighted by molar-refractivity contribution is -0.150. The van der Waals surface area contributed by atoms with Crippen molar-refractivity contribution in [2.24, 2.45) is 0 Å². The number of nitrogens with zero attached hydrogens (tertiary/aromatic N) is 3. The summed E-state index contributed by atoms with van der Waals surface area (Å²) < 4.78 is 38.7. The molecule has 3 atom stereocenters. The maximum Gasteiger partial charge on any atom is 0.352 e. The predicted molar refractivity (Wildman–Crippen MR) is 127 cm³/mol. The molecule has 1 aromatic carbocycles. The first-order chi connectivity index (χ1) is 17.5. The quantitative estimate of drug-likeness (QED) is 0.170. The summed E-state index contributed by atoms with van der Waals surface area (Å²) in [4.78, 5) is 49.4. The number of hydrogen-bond donors (Lipinski definition) is 4. The Hall–Kier alpha value is -3.41. The minimum Gasteiger partial charge on any atom is -0.481 e. The van der Waals surface area contributed by atoms with Gasteiger partial charge in [0.2, 0.25) is 11.8 Å². The summed E-state index contributed by atoms with van der Waals surface area (Å²) in [6, 6.07) is 6.04. The van der Waals surface area contributed by atoms with Gasteiger partial charge in [-0.15, -0.1) is 22.0 Å². The van der Waals surface area contributed by atoms with Gasteiger partial charge in [-0.3, -0.25) is 23.8 Å². The lowest BCUT2D eigenvalue weighted by Gasteiger charge is -2.49. The molecule has 0 spiro atoms. The summed E-state index contributed by atoms with van der Waals surface area (Å²) in [5.74, 6) is -4.32. The van der Waals surface area contributed by atoms with E-state index >= 15 is 0 Å². The lowest BCUT2D eigenvalue weighted by Crippen LogP contribution is -2.71. The van der Waals surface area contributed by atoms with Crippen molar-refractivity contribution in [1.29, 1.82) is 0 Å². The normalized spacial score (nSPS) is 20.1. The molecule has 4 rings (SSSR count). The van der Waals surface area contributed by atoms with Crippen LogP contribution in [0, 0.1) is 0 Å². The number of aliphatic carboxylic acids is 2. The number of carboxylic acids is 2. The molecule has 196 valence electrons. The van der Waals surface area contributed by atoms with Crippen LogP contribution in [0.4, 0.5) is 0 Å². The fourth-order valence-corrected chi connectivity index (χ4v) is 6.86. The molecule has 0 radical (unpaired) electrons. The number of carboxylic acid groups (broad SMARTS) is 2. The van der Waals surface area contributed by atoms with E-state index in [0.29, 0.717) is 5.57 Å². The summed E-state index contributed by atoms with van der Waals surface area (Å²) in [6.07, 6.45) is -0.466. The van der Waals surface area contributed by atoms with Crippen LogP contribution in [0.5, 0.6) is 0 Å². The number of carbonyl (C=O) groups excluding carboxylic acids is 2. The molecular formula is C20H18N4O10S3. The van der Waals surface area contributed by atoms with E-state index < -0.39 is 57.0 Å². The Morgan fingerprint density at radius 2 is 1.92 bits per heavy atom. The Morgan fingerprint density at radius 1 is 1.22 bits per heavy atom. The van der Waals surface area contributed by atoms with Crippen molar-refractivity contribution in [3.63, 3.8) is 0 Å². The first-order valence-corrected chi connectivity index (χ1v) is 13.9. The van der Waals surface area contributed by atoms with Crippen molar-refractivity contribution in [2.45, 2.75) is 28.3 Å². The van der Waals surface area contributed by atoms with Crippen LogP contribution >= 0.6 is 23.5 Å². The van der Waals surface area contributed by atoms with Crippen molar-refractivity contribution < 1.29 is 46.8 Å². The third kappa shape index (κ3) is 5.63. The van der Waals surface area contributed by atoms with Crippen molar-refractivity contribution in [1.82, 2.24) is 20.4 Å². The SMILES string of the molecule is O=C(O)Cc1nnc(SCC2=C(C(=O)O)N3C(=O)C(NC(=O)C(c4ccccc4)S(=O)(=O)O)[C@H]3SC2)o1. The molecule has 17 heteroatoms. The second-order valence-electron chi connectivity index (χ2n) is 7.78. The summed E-state index contributed by atoms with van der Waals surface area (Å²) in [7, 11) is -4.87. The van der Waals surface area contributed by atoms with Crippen LogP contribution in [0.25, 0.3) is 0 Å². The molecule has 0 aliphatic carbocycles. The summed E-state index contributed by atoms with van der Waals surface area (Å²) in [5, 5.41) is 25.4. The molecular weight excluding hydrogens is 552 g/mol. The highest BCUT2D eigenvalue weighted by atomic mass is 32.2. The lowest BCUT2D eigenvalue weighted by atomic mass is 10.0. The molecule has 2 aromatic rings. The average Bonchev–Trinajstić information content (AvgIpc) is 3.26. The maximum atomic E-state index is 12.9. The Balaban J connectivity index is 1.48. The molecule has 2 amide bonds. The standard InChI is InChI=1S/C20H18N4O10S3/c25-12(26)6-11-22-23-20(34-11)36-8-10-7-35-18-13(17(28)24(18)14(10)19(29)30)21-16(27)15(37(31,32)33)9-4-2-1-3-5-9/h1-5,13,15,18H,6-8H2,(H,21,27)(H,25,26)(H,29,30)(H,31,32,33)/t13?,15?,18-/m1/s1. The molecule has 14 nitrogen and oxygen atoms in total. The third-order valence-corrected chi connectivity index (χ3v) is 8.63. The van der Waals surface area contributed by atoms with Gasteiger partial charge in [0.05, 0.1) is 0 Å². The van der Waals surface area contributed by atoms with E-state index in [1.807, 2.05) is 0 Å². The smallest absolute Gasteiger partial charge is 0.352 e. The van der Waals surface area contributed by atoms with Crippen LogP contribution in [0.15, 0.2) is 51.2 Å². The van der Waals surface area contributed by atoms with Crippen LogP contribution in [0.3, 0.4) is 0 Å². The molecule has 37 heavy (non-hydrogen) atoms. The number of rotatable bonds is 10. The van der Waals surface area contributed by atoms with Crippen LogP contribution in [-0.2, 0) is 35.7 Å². The zero-order chi connectivity index (χ0) is 26.9. The van der Waals surface area contributed by atoms with Gasteiger partial charge in [0.25, 0.3) is 21.2 Å². The number of aromatic nitrogens is 2. The maximum absolute atomic E-state index is 12.9. The summed E-state index contributed by atoms with van der Waals surface area (Å²) in [6.45, 7) is 0. The van der Waals surface area contributed by atoms with Crippen LogP contribution in [-0.4, -0.2) is 85.0 Å². The van der Waals surface area contributed by atoms with Gasteiger partial charge in [0.15, 0.2) is 5.25 Å². The van der Waals surface area contributed by atoms with Crippen LogP contribution in [0.1, 0.15) is 16.7 Å². The Bertz CT molecular complexity index is 1390. The number of thioether (sulfide) groups is 2. The van der Waals surface area contributed by atoms with Gasteiger partial charge in [0, 0.05) is 11.5 Å². The van der Waals surface area contributed by atoms with Gasteiger partial charge in [-0.05, 0) is 11.1 Å². The predicted octanol–water partition coefficient (Wildman–Crippen LogP) is 0.157. The van der Waals surface area contributed by atoms with Gasteiger partial charge in [0.1, 0.15) is 23.5 Å². The third-order valence-electron chi connectivity index (χ3n) is 5.31. The van der Waals surface area contributed by atoms with Gasteiger partial charge >= 0.3 is 11.9 Å². The molecule has 2 unspecified atom stereocenters. The monoisotopic (exact) mass is 570 g/mol. The second kappa shape index (κ2) is 10.5. The zero-order valence-electron chi connectivity index (χ0n) is 18.5. The number of β-lactam (4-membered cyclic amide) rings is 1. The minimum absolute atomic E-state index is 0.000366. The Kier molecular flexibility index (Phi) is 7.58. The fourth-order valence-electron chi connectivity index (χ4n) is 3.76. The van der Waals surface area contributed by atoms with E-state index in [0.717, 1.165) is 28.4 Å². The molecule has 1 saturated heterocycles. The number of fused-ring (bicyclic) bond motifs is 1. The average molecular weight is 571 g/mol. The number of carbonyl (C=O) groups is 4. The minimum atomic E-state index is -4.87. The number of hydrogen-bond acceptors (Lipinski definition) is 11. The molecule has 2 aliphatic rings. The largest absolute Gasteiger partial charge is 0.481 e. The topological polar surface area (TPSA) is 217 Å². The molecule has 0 bridgehead atoms. The summed E-state index contributed by atoms with van der Waals surface area (Å²) >= 11 is 2.13. The molecule has 0 saturated carbocycles.